The molecule has 0 spiro atoms. The largest absolute Gasteiger partial charge is 0.480 e. The molecule has 2 aromatic rings. The Labute approximate surface area is 114 Å². The van der Waals surface area contributed by atoms with Gasteiger partial charge in [0.2, 0.25) is 0 Å². The van der Waals surface area contributed by atoms with E-state index in [1.54, 1.807) is 24.3 Å². The van der Waals surface area contributed by atoms with E-state index in [1.807, 2.05) is 0 Å². The minimum Gasteiger partial charge on any atom is -0.480 e. The number of carboxylic acid groups (broad SMARTS) is 1. The van der Waals surface area contributed by atoms with Gasteiger partial charge in [-0.15, -0.1) is 5.10 Å². The number of aromatic nitrogens is 3. The lowest BCUT2D eigenvalue weighted by atomic mass is 9.77. The molecule has 0 radical (unpaired) electrons. The van der Waals surface area contributed by atoms with Crippen LogP contribution >= 0.6 is 0 Å². The van der Waals surface area contributed by atoms with E-state index in [2.05, 4.69) is 15.6 Å². The molecule has 1 aliphatic rings. The highest BCUT2D eigenvalue weighted by Gasteiger charge is 2.44. The molecular weight excluding hydrogens is 260 g/mol. The van der Waals surface area contributed by atoms with E-state index in [4.69, 9.17) is 0 Å². The molecule has 104 valence electrons. The molecule has 20 heavy (non-hydrogen) atoms. The van der Waals surface area contributed by atoms with Gasteiger partial charge in [0, 0.05) is 0 Å². The highest BCUT2D eigenvalue weighted by molar-refractivity contribution is 5.80. The first-order chi connectivity index (χ1) is 9.62. The topological polar surface area (TPSA) is 97.1 Å². The number of fused-ring (bicyclic) bond motifs is 1. The Bertz CT molecular complexity index is 721. The molecular formula is C13H14N4O3. The number of hydrogen-bond acceptors (Lipinski definition) is 5. The fraction of sp³-hybridized carbons (Fsp3) is 0.385. The molecule has 0 aliphatic heterocycles. The summed E-state index contributed by atoms with van der Waals surface area (Å²) in [5.41, 5.74) is -0.666. The van der Waals surface area contributed by atoms with Crippen molar-refractivity contribution in [2.24, 2.45) is 0 Å². The van der Waals surface area contributed by atoms with Gasteiger partial charge in [0.1, 0.15) is 11.1 Å². The summed E-state index contributed by atoms with van der Waals surface area (Å²) >= 11 is 0. The molecule has 7 nitrogen and oxygen atoms in total. The minimum absolute atomic E-state index is 0.0446. The number of nitrogens with zero attached hydrogens (tertiary/aromatic N) is 3. The van der Waals surface area contributed by atoms with Gasteiger partial charge >= 0.3 is 5.97 Å². The van der Waals surface area contributed by atoms with Gasteiger partial charge in [-0.25, -0.2) is 0 Å². The second-order valence-electron chi connectivity index (χ2n) is 4.99. The SMILES string of the molecule is O=C(O)C1(NCn2nnc3ccccc3c2=O)CCC1. The van der Waals surface area contributed by atoms with Crippen molar-refractivity contribution >= 4 is 16.9 Å². The maximum atomic E-state index is 12.2. The maximum Gasteiger partial charge on any atom is 0.323 e. The molecule has 0 atom stereocenters. The second-order valence-corrected chi connectivity index (χ2v) is 4.99. The van der Waals surface area contributed by atoms with Crippen molar-refractivity contribution in [3.05, 3.63) is 34.6 Å². The zero-order chi connectivity index (χ0) is 14.2. The molecule has 0 amide bonds. The third-order valence-electron chi connectivity index (χ3n) is 3.81. The summed E-state index contributed by atoms with van der Waals surface area (Å²) in [5, 5.41) is 20.4. The van der Waals surface area contributed by atoms with Crippen molar-refractivity contribution in [1.29, 1.82) is 0 Å². The van der Waals surface area contributed by atoms with Crippen LogP contribution in [0.3, 0.4) is 0 Å². The van der Waals surface area contributed by atoms with Gasteiger partial charge in [0.25, 0.3) is 5.56 Å². The second kappa shape index (κ2) is 4.68. The van der Waals surface area contributed by atoms with E-state index >= 15 is 0 Å². The first-order valence-corrected chi connectivity index (χ1v) is 6.43. The Morgan fingerprint density at radius 3 is 2.80 bits per heavy atom. The van der Waals surface area contributed by atoms with Crippen LogP contribution in [0, 0.1) is 0 Å². The third kappa shape index (κ3) is 1.96. The van der Waals surface area contributed by atoms with Crippen molar-refractivity contribution in [2.45, 2.75) is 31.5 Å². The summed E-state index contributed by atoms with van der Waals surface area (Å²) in [5.74, 6) is -0.884. The van der Waals surface area contributed by atoms with Gasteiger partial charge in [0.05, 0.1) is 12.1 Å². The van der Waals surface area contributed by atoms with Gasteiger partial charge in [0.15, 0.2) is 0 Å². The normalized spacial score (nSPS) is 16.8. The Morgan fingerprint density at radius 2 is 2.15 bits per heavy atom. The predicted octanol–water partition coefficient (Wildman–Crippen LogP) is 0.346. The molecule has 0 saturated heterocycles. The van der Waals surface area contributed by atoms with E-state index < -0.39 is 11.5 Å². The first-order valence-electron chi connectivity index (χ1n) is 6.43. The molecule has 0 unspecified atom stereocenters. The van der Waals surface area contributed by atoms with E-state index in [9.17, 15) is 14.7 Å². The molecule has 7 heteroatoms. The Hall–Kier alpha value is -2.28. The van der Waals surface area contributed by atoms with Gasteiger partial charge in [-0.05, 0) is 31.4 Å². The zero-order valence-electron chi connectivity index (χ0n) is 10.7. The molecule has 1 aliphatic carbocycles. The van der Waals surface area contributed by atoms with Crippen LogP contribution in [0.2, 0.25) is 0 Å². The number of nitrogens with one attached hydrogen (secondary N) is 1. The van der Waals surface area contributed by atoms with Crippen LogP contribution in [0.1, 0.15) is 19.3 Å². The maximum absolute atomic E-state index is 12.2. The fourth-order valence-corrected chi connectivity index (χ4v) is 2.35. The van der Waals surface area contributed by atoms with Crippen LogP contribution in [-0.4, -0.2) is 31.6 Å². The van der Waals surface area contributed by atoms with Gasteiger partial charge < -0.3 is 5.11 Å². The first kappa shape index (κ1) is 12.7. The fourth-order valence-electron chi connectivity index (χ4n) is 2.35. The van der Waals surface area contributed by atoms with Crippen molar-refractivity contribution in [3.8, 4) is 0 Å². The van der Waals surface area contributed by atoms with Gasteiger partial charge in [-0.1, -0.05) is 17.3 Å². The van der Waals surface area contributed by atoms with E-state index in [-0.39, 0.29) is 12.2 Å². The number of aliphatic carboxylic acids is 1. The summed E-state index contributed by atoms with van der Waals surface area (Å²) in [4.78, 5) is 23.4. The van der Waals surface area contributed by atoms with Crippen LogP contribution in [0.15, 0.2) is 29.1 Å². The number of hydrogen-bond donors (Lipinski definition) is 2. The molecule has 1 saturated carbocycles. The lowest BCUT2D eigenvalue weighted by Crippen LogP contribution is -2.58. The van der Waals surface area contributed by atoms with Gasteiger partial charge in [-0.3, -0.25) is 14.9 Å². The third-order valence-corrected chi connectivity index (χ3v) is 3.81. The lowest BCUT2D eigenvalue weighted by molar-refractivity contribution is -0.149. The molecule has 1 aromatic heterocycles. The van der Waals surface area contributed by atoms with E-state index in [0.29, 0.717) is 23.7 Å². The Morgan fingerprint density at radius 1 is 1.40 bits per heavy atom. The van der Waals surface area contributed by atoms with Crippen molar-refractivity contribution in [2.75, 3.05) is 0 Å². The van der Waals surface area contributed by atoms with E-state index in [1.165, 1.54) is 0 Å². The number of carboxylic acids is 1. The average molecular weight is 274 g/mol. The van der Waals surface area contributed by atoms with Crippen LogP contribution < -0.4 is 10.9 Å². The van der Waals surface area contributed by atoms with Crippen molar-refractivity contribution < 1.29 is 9.90 Å². The molecule has 2 N–H and O–H groups in total. The summed E-state index contributed by atoms with van der Waals surface area (Å²) in [6.45, 7) is 0.0446. The summed E-state index contributed by atoms with van der Waals surface area (Å²) in [7, 11) is 0. The minimum atomic E-state index is -0.924. The van der Waals surface area contributed by atoms with Crippen LogP contribution in [0.5, 0.6) is 0 Å². The van der Waals surface area contributed by atoms with Crippen LogP contribution in [0.25, 0.3) is 10.9 Å². The predicted molar refractivity (Wildman–Crippen MR) is 71.2 cm³/mol. The molecule has 3 rings (SSSR count). The summed E-state index contributed by atoms with van der Waals surface area (Å²) in [6, 6.07) is 6.94. The lowest BCUT2D eigenvalue weighted by Gasteiger charge is -2.38. The quantitative estimate of drug-likeness (QED) is 0.834. The smallest absolute Gasteiger partial charge is 0.323 e. The van der Waals surface area contributed by atoms with Crippen LogP contribution in [-0.2, 0) is 11.5 Å². The van der Waals surface area contributed by atoms with Crippen molar-refractivity contribution in [1.82, 2.24) is 20.3 Å². The molecule has 0 bridgehead atoms. The van der Waals surface area contributed by atoms with Crippen molar-refractivity contribution in [3.63, 3.8) is 0 Å². The van der Waals surface area contributed by atoms with Crippen LogP contribution in [0.4, 0.5) is 0 Å². The highest BCUT2D eigenvalue weighted by Crippen LogP contribution is 2.31. The molecule has 1 aromatic carbocycles. The Balaban J connectivity index is 1.87. The number of carbonyl (C=O) groups is 1. The van der Waals surface area contributed by atoms with E-state index in [0.717, 1.165) is 11.1 Å². The summed E-state index contributed by atoms with van der Waals surface area (Å²) < 4.78 is 1.16. The molecule has 1 heterocycles. The standard InChI is InChI=1S/C13H14N4O3/c18-11-9-4-1-2-5-10(9)15-16-17(11)8-14-13(12(19)20)6-3-7-13/h1-2,4-5,14H,3,6-8H2,(H,19,20). The zero-order valence-corrected chi connectivity index (χ0v) is 10.7. The number of benzene rings is 1. The number of rotatable bonds is 4. The Kier molecular flexibility index (Phi) is 2.98. The summed E-state index contributed by atoms with van der Waals surface area (Å²) in [6.07, 6.45) is 2.01. The van der Waals surface area contributed by atoms with Gasteiger partial charge in [-0.2, -0.15) is 4.68 Å². The highest BCUT2D eigenvalue weighted by atomic mass is 16.4. The average Bonchev–Trinajstić information content (AvgIpc) is 2.40. The molecule has 1 fully saturated rings. The monoisotopic (exact) mass is 274 g/mol.